The van der Waals surface area contributed by atoms with Crippen LogP contribution >= 0.6 is 0 Å². The van der Waals surface area contributed by atoms with Crippen LogP contribution in [-0.2, 0) is 6.54 Å². The SMILES string of the molecule is CC(=O)c1ccc(N2C[C@@H]3CC[C@H](C2)N(Cc2ccccc2)C3)nc1. The Labute approximate surface area is 149 Å². The number of Topliss-reactive ketones (excluding diaryl/α,β-unsaturated/α-hetero) is 1. The number of nitrogens with zero attached hydrogens (tertiary/aromatic N) is 3. The highest BCUT2D eigenvalue weighted by Gasteiger charge is 2.35. The Balaban J connectivity index is 1.50. The molecule has 3 aliphatic rings. The van der Waals surface area contributed by atoms with Crippen molar-refractivity contribution in [2.24, 2.45) is 5.92 Å². The van der Waals surface area contributed by atoms with Crippen LogP contribution in [0.3, 0.4) is 0 Å². The molecular formula is C21H25N3O. The normalized spacial score (nSPS) is 23.5. The van der Waals surface area contributed by atoms with Crippen molar-refractivity contribution >= 4 is 11.6 Å². The van der Waals surface area contributed by atoms with Crippen molar-refractivity contribution in [1.29, 1.82) is 0 Å². The Hall–Kier alpha value is -2.20. The van der Waals surface area contributed by atoms with Gasteiger partial charge in [-0.3, -0.25) is 9.69 Å². The number of ketones is 1. The second-order valence-electron chi connectivity index (χ2n) is 7.38. The van der Waals surface area contributed by atoms with Crippen molar-refractivity contribution in [3.05, 3.63) is 59.8 Å². The van der Waals surface area contributed by atoms with Gasteiger partial charge in [0, 0.05) is 44.0 Å². The third-order valence-electron chi connectivity index (χ3n) is 5.53. The van der Waals surface area contributed by atoms with Gasteiger partial charge in [0.2, 0.25) is 0 Å². The van der Waals surface area contributed by atoms with E-state index < -0.39 is 0 Å². The van der Waals surface area contributed by atoms with Crippen LogP contribution in [0.4, 0.5) is 5.82 Å². The summed E-state index contributed by atoms with van der Waals surface area (Å²) in [6.45, 7) is 5.88. The summed E-state index contributed by atoms with van der Waals surface area (Å²) in [5.74, 6) is 1.77. The standard InChI is InChI=1S/C21H25N3O/c1-16(25)19-8-10-21(22-11-19)24-14-18-7-9-20(15-24)23(13-18)12-17-5-3-2-4-6-17/h2-6,8,10-11,18,20H,7,9,12-15H2,1H3/t18-,20-/m1/s1. The van der Waals surface area contributed by atoms with E-state index in [0.717, 1.165) is 25.5 Å². The summed E-state index contributed by atoms with van der Waals surface area (Å²) in [5, 5.41) is 0. The number of carbonyl (C=O) groups is 1. The molecule has 3 saturated heterocycles. The Morgan fingerprint density at radius 2 is 1.92 bits per heavy atom. The van der Waals surface area contributed by atoms with E-state index in [1.54, 1.807) is 13.1 Å². The zero-order chi connectivity index (χ0) is 17.2. The lowest BCUT2D eigenvalue weighted by atomic mass is 9.94. The molecule has 0 spiro atoms. The Kier molecular flexibility index (Phi) is 4.53. The molecule has 2 bridgehead atoms. The summed E-state index contributed by atoms with van der Waals surface area (Å²) in [5.41, 5.74) is 2.08. The molecule has 130 valence electrons. The summed E-state index contributed by atoms with van der Waals surface area (Å²) in [4.78, 5) is 21.1. The van der Waals surface area contributed by atoms with Crippen molar-refractivity contribution in [1.82, 2.24) is 9.88 Å². The number of hydrogen-bond acceptors (Lipinski definition) is 4. The van der Waals surface area contributed by atoms with Crippen LogP contribution in [0.5, 0.6) is 0 Å². The summed E-state index contributed by atoms with van der Waals surface area (Å²) < 4.78 is 0. The van der Waals surface area contributed by atoms with Crippen LogP contribution in [0.1, 0.15) is 35.7 Å². The van der Waals surface area contributed by atoms with E-state index in [4.69, 9.17) is 0 Å². The molecule has 1 aromatic heterocycles. The second kappa shape index (κ2) is 6.96. The van der Waals surface area contributed by atoms with Gasteiger partial charge in [-0.15, -0.1) is 0 Å². The van der Waals surface area contributed by atoms with Crippen molar-refractivity contribution < 1.29 is 4.79 Å². The van der Waals surface area contributed by atoms with Gasteiger partial charge < -0.3 is 4.90 Å². The Morgan fingerprint density at radius 3 is 2.64 bits per heavy atom. The molecule has 4 nitrogen and oxygen atoms in total. The van der Waals surface area contributed by atoms with Crippen LogP contribution in [0.25, 0.3) is 0 Å². The number of aromatic nitrogens is 1. The molecule has 0 aliphatic carbocycles. The predicted octanol–water partition coefficient (Wildman–Crippen LogP) is 3.39. The maximum absolute atomic E-state index is 11.5. The van der Waals surface area contributed by atoms with Gasteiger partial charge in [0.15, 0.2) is 5.78 Å². The fourth-order valence-electron chi connectivity index (χ4n) is 4.16. The third kappa shape index (κ3) is 3.59. The first-order valence-electron chi connectivity index (χ1n) is 9.19. The number of anilines is 1. The van der Waals surface area contributed by atoms with Crippen molar-refractivity contribution in [2.45, 2.75) is 32.4 Å². The average molecular weight is 335 g/mol. The van der Waals surface area contributed by atoms with Crippen molar-refractivity contribution in [2.75, 3.05) is 24.5 Å². The molecule has 2 aromatic rings. The maximum atomic E-state index is 11.5. The first-order chi connectivity index (χ1) is 12.2. The zero-order valence-electron chi connectivity index (χ0n) is 14.8. The smallest absolute Gasteiger partial charge is 0.161 e. The highest BCUT2D eigenvalue weighted by Crippen LogP contribution is 2.31. The molecule has 1 aromatic carbocycles. The number of piperidine rings is 1. The first-order valence-corrected chi connectivity index (χ1v) is 9.19. The highest BCUT2D eigenvalue weighted by atomic mass is 16.1. The Bertz CT molecular complexity index is 729. The number of rotatable bonds is 4. The minimum absolute atomic E-state index is 0.0732. The highest BCUT2D eigenvalue weighted by molar-refractivity contribution is 5.93. The largest absolute Gasteiger partial charge is 0.355 e. The molecular weight excluding hydrogens is 310 g/mol. The molecule has 3 fully saturated rings. The van der Waals surface area contributed by atoms with Gasteiger partial charge in [-0.25, -0.2) is 4.98 Å². The maximum Gasteiger partial charge on any atom is 0.161 e. The fraction of sp³-hybridized carbons (Fsp3) is 0.429. The Morgan fingerprint density at radius 1 is 1.08 bits per heavy atom. The summed E-state index contributed by atoms with van der Waals surface area (Å²) in [6, 6.07) is 15.2. The summed E-state index contributed by atoms with van der Waals surface area (Å²) in [7, 11) is 0. The summed E-state index contributed by atoms with van der Waals surface area (Å²) in [6.07, 6.45) is 4.28. The van der Waals surface area contributed by atoms with E-state index in [1.807, 2.05) is 12.1 Å². The van der Waals surface area contributed by atoms with Gasteiger partial charge in [0.05, 0.1) is 0 Å². The zero-order valence-corrected chi connectivity index (χ0v) is 14.8. The second-order valence-corrected chi connectivity index (χ2v) is 7.38. The van der Waals surface area contributed by atoms with Gasteiger partial charge in [0.25, 0.3) is 0 Å². The molecule has 0 unspecified atom stereocenters. The lowest BCUT2D eigenvalue weighted by Crippen LogP contribution is -2.43. The first kappa shape index (κ1) is 16.3. The number of fused-ring (bicyclic) bond motifs is 4. The van der Waals surface area contributed by atoms with E-state index in [-0.39, 0.29) is 5.78 Å². The predicted molar refractivity (Wildman–Crippen MR) is 99.8 cm³/mol. The van der Waals surface area contributed by atoms with Gasteiger partial charge in [0.1, 0.15) is 5.82 Å². The van der Waals surface area contributed by atoms with Crippen LogP contribution in [0, 0.1) is 5.92 Å². The van der Waals surface area contributed by atoms with Crippen LogP contribution < -0.4 is 4.90 Å². The molecule has 25 heavy (non-hydrogen) atoms. The minimum atomic E-state index is 0.0732. The van der Waals surface area contributed by atoms with E-state index in [1.165, 1.54) is 24.9 Å². The molecule has 2 atom stereocenters. The molecule has 5 rings (SSSR count). The van der Waals surface area contributed by atoms with Crippen LogP contribution in [0.2, 0.25) is 0 Å². The average Bonchev–Trinajstić information content (AvgIpc) is 2.94. The van der Waals surface area contributed by atoms with Crippen molar-refractivity contribution in [3.63, 3.8) is 0 Å². The number of pyridine rings is 1. The van der Waals surface area contributed by atoms with E-state index in [9.17, 15) is 4.79 Å². The van der Waals surface area contributed by atoms with Gasteiger partial charge in [-0.2, -0.15) is 0 Å². The van der Waals surface area contributed by atoms with Gasteiger partial charge in [-0.05, 0) is 43.4 Å². The fourth-order valence-corrected chi connectivity index (χ4v) is 4.16. The lowest BCUT2D eigenvalue weighted by Gasteiger charge is -2.36. The van der Waals surface area contributed by atoms with Gasteiger partial charge >= 0.3 is 0 Å². The molecule has 3 aliphatic heterocycles. The number of carbonyl (C=O) groups excluding carboxylic acids is 1. The van der Waals surface area contributed by atoms with E-state index >= 15 is 0 Å². The topological polar surface area (TPSA) is 36.4 Å². The molecule has 4 heterocycles. The van der Waals surface area contributed by atoms with Crippen LogP contribution in [-0.4, -0.2) is 41.3 Å². The van der Waals surface area contributed by atoms with E-state index in [0.29, 0.717) is 17.5 Å². The van der Waals surface area contributed by atoms with Crippen molar-refractivity contribution in [3.8, 4) is 0 Å². The molecule has 0 amide bonds. The molecule has 4 heteroatoms. The molecule has 0 saturated carbocycles. The number of hydrogen-bond donors (Lipinski definition) is 0. The lowest BCUT2D eigenvalue weighted by molar-refractivity contribution is 0.101. The quantitative estimate of drug-likeness (QED) is 0.803. The third-order valence-corrected chi connectivity index (χ3v) is 5.53. The molecule has 0 radical (unpaired) electrons. The monoisotopic (exact) mass is 335 g/mol. The molecule has 0 N–H and O–H groups in total. The minimum Gasteiger partial charge on any atom is -0.355 e. The number of benzene rings is 1. The summed E-state index contributed by atoms with van der Waals surface area (Å²) >= 11 is 0. The van der Waals surface area contributed by atoms with E-state index in [2.05, 4.69) is 45.1 Å². The van der Waals surface area contributed by atoms with Gasteiger partial charge in [-0.1, -0.05) is 30.3 Å². The van der Waals surface area contributed by atoms with Crippen LogP contribution in [0.15, 0.2) is 48.7 Å².